The van der Waals surface area contributed by atoms with Crippen LogP contribution < -0.4 is 4.90 Å². The first-order valence-corrected chi connectivity index (χ1v) is 8.27. The standard InChI is InChI=1S/C20H21N3O/c1-22(20(24)17-10-8-16(14-21)9-11-17)15-18-6-2-3-7-19(18)23-12-4-5-13-23/h2-3,6-11H,4-5,12-13,15H2,1H3. The molecule has 1 fully saturated rings. The predicted octanol–water partition coefficient (Wildman–Crippen LogP) is 3.43. The van der Waals surface area contributed by atoms with Crippen LogP contribution in [0.25, 0.3) is 0 Å². The van der Waals surface area contributed by atoms with Crippen LogP contribution in [-0.4, -0.2) is 30.9 Å². The maximum Gasteiger partial charge on any atom is 0.253 e. The van der Waals surface area contributed by atoms with Crippen LogP contribution in [0.3, 0.4) is 0 Å². The van der Waals surface area contributed by atoms with Gasteiger partial charge in [-0.25, -0.2) is 0 Å². The highest BCUT2D eigenvalue weighted by molar-refractivity contribution is 5.94. The average Bonchev–Trinajstić information content (AvgIpc) is 3.16. The molecule has 1 aliphatic rings. The second-order valence-corrected chi connectivity index (χ2v) is 6.17. The van der Waals surface area contributed by atoms with Crippen molar-refractivity contribution in [1.29, 1.82) is 5.26 Å². The van der Waals surface area contributed by atoms with E-state index >= 15 is 0 Å². The molecule has 2 aromatic carbocycles. The molecule has 2 aromatic rings. The summed E-state index contributed by atoms with van der Waals surface area (Å²) in [5, 5.41) is 8.86. The third kappa shape index (κ3) is 3.41. The zero-order valence-corrected chi connectivity index (χ0v) is 13.9. The van der Waals surface area contributed by atoms with Gasteiger partial charge < -0.3 is 9.80 Å². The zero-order chi connectivity index (χ0) is 16.9. The fourth-order valence-electron chi connectivity index (χ4n) is 3.15. The number of anilines is 1. The minimum atomic E-state index is -0.0317. The van der Waals surface area contributed by atoms with Gasteiger partial charge in [0.25, 0.3) is 5.91 Å². The van der Waals surface area contributed by atoms with Crippen molar-refractivity contribution in [2.24, 2.45) is 0 Å². The molecule has 0 spiro atoms. The van der Waals surface area contributed by atoms with Crippen LogP contribution in [0.5, 0.6) is 0 Å². The van der Waals surface area contributed by atoms with E-state index in [2.05, 4.69) is 29.2 Å². The number of benzene rings is 2. The Kier molecular flexibility index (Phi) is 4.81. The lowest BCUT2D eigenvalue weighted by molar-refractivity contribution is 0.0785. The second-order valence-electron chi connectivity index (χ2n) is 6.17. The van der Waals surface area contributed by atoms with E-state index in [1.54, 1.807) is 29.2 Å². The van der Waals surface area contributed by atoms with Gasteiger partial charge in [-0.05, 0) is 48.7 Å². The first-order chi connectivity index (χ1) is 11.7. The largest absolute Gasteiger partial charge is 0.371 e. The summed E-state index contributed by atoms with van der Waals surface area (Å²) in [7, 11) is 1.82. The van der Waals surface area contributed by atoms with E-state index in [-0.39, 0.29) is 5.91 Å². The van der Waals surface area contributed by atoms with Crippen molar-refractivity contribution in [2.75, 3.05) is 25.0 Å². The molecule has 0 radical (unpaired) electrons. The molecule has 3 rings (SSSR count). The van der Waals surface area contributed by atoms with Gasteiger partial charge in [-0.3, -0.25) is 4.79 Å². The molecule has 0 saturated carbocycles. The second kappa shape index (κ2) is 7.18. The van der Waals surface area contributed by atoms with Crippen molar-refractivity contribution >= 4 is 11.6 Å². The van der Waals surface area contributed by atoms with Crippen LogP contribution in [-0.2, 0) is 6.54 Å². The third-order valence-corrected chi connectivity index (χ3v) is 4.45. The Morgan fingerprint density at radius 1 is 1.12 bits per heavy atom. The van der Waals surface area contributed by atoms with Crippen molar-refractivity contribution in [3.05, 3.63) is 65.2 Å². The molecule has 122 valence electrons. The van der Waals surface area contributed by atoms with E-state index in [1.807, 2.05) is 13.1 Å². The van der Waals surface area contributed by atoms with Crippen molar-refractivity contribution in [3.63, 3.8) is 0 Å². The molecule has 0 aromatic heterocycles. The van der Waals surface area contributed by atoms with Crippen molar-refractivity contribution in [1.82, 2.24) is 4.90 Å². The highest BCUT2D eigenvalue weighted by Crippen LogP contribution is 2.25. The number of carbonyl (C=O) groups excluding carboxylic acids is 1. The predicted molar refractivity (Wildman–Crippen MR) is 94.8 cm³/mol. The summed E-state index contributed by atoms with van der Waals surface area (Å²) in [5.74, 6) is -0.0317. The number of amides is 1. The summed E-state index contributed by atoms with van der Waals surface area (Å²) in [6, 6.07) is 17.2. The summed E-state index contributed by atoms with van der Waals surface area (Å²) in [5.41, 5.74) is 3.57. The zero-order valence-electron chi connectivity index (χ0n) is 13.9. The first kappa shape index (κ1) is 16.1. The molecule has 24 heavy (non-hydrogen) atoms. The van der Waals surface area contributed by atoms with E-state index in [1.165, 1.54) is 24.1 Å². The molecule has 0 bridgehead atoms. The maximum atomic E-state index is 12.6. The van der Waals surface area contributed by atoms with Gasteiger partial charge in [-0.2, -0.15) is 5.26 Å². The molecule has 4 heteroatoms. The lowest BCUT2D eigenvalue weighted by Crippen LogP contribution is -2.28. The molecule has 0 unspecified atom stereocenters. The highest BCUT2D eigenvalue weighted by atomic mass is 16.2. The van der Waals surface area contributed by atoms with Crippen molar-refractivity contribution in [2.45, 2.75) is 19.4 Å². The number of nitriles is 1. The van der Waals surface area contributed by atoms with Gasteiger partial charge >= 0.3 is 0 Å². The molecule has 1 saturated heterocycles. The lowest BCUT2D eigenvalue weighted by Gasteiger charge is -2.24. The molecular formula is C20H21N3O. The molecule has 0 atom stereocenters. The number of carbonyl (C=O) groups is 1. The van der Waals surface area contributed by atoms with Crippen molar-refractivity contribution in [3.8, 4) is 6.07 Å². The van der Waals surface area contributed by atoms with E-state index in [0.29, 0.717) is 17.7 Å². The van der Waals surface area contributed by atoms with E-state index < -0.39 is 0 Å². The number of hydrogen-bond acceptors (Lipinski definition) is 3. The van der Waals surface area contributed by atoms with E-state index in [0.717, 1.165) is 13.1 Å². The first-order valence-electron chi connectivity index (χ1n) is 8.27. The van der Waals surface area contributed by atoms with Gasteiger partial charge in [0, 0.05) is 37.9 Å². The number of rotatable bonds is 4. The van der Waals surface area contributed by atoms with Gasteiger partial charge in [0.05, 0.1) is 11.6 Å². The van der Waals surface area contributed by atoms with Crippen LogP contribution in [0.4, 0.5) is 5.69 Å². The molecule has 1 aliphatic heterocycles. The Hall–Kier alpha value is -2.80. The summed E-state index contributed by atoms with van der Waals surface area (Å²) < 4.78 is 0. The summed E-state index contributed by atoms with van der Waals surface area (Å²) in [6.45, 7) is 2.75. The van der Waals surface area contributed by atoms with Gasteiger partial charge in [-0.1, -0.05) is 18.2 Å². The van der Waals surface area contributed by atoms with Gasteiger partial charge in [0.15, 0.2) is 0 Å². The molecule has 1 heterocycles. The molecule has 0 N–H and O–H groups in total. The highest BCUT2D eigenvalue weighted by Gasteiger charge is 2.18. The Morgan fingerprint density at radius 2 is 1.79 bits per heavy atom. The summed E-state index contributed by atoms with van der Waals surface area (Å²) in [4.78, 5) is 16.7. The molecule has 1 amide bonds. The van der Waals surface area contributed by atoms with Crippen LogP contribution in [0, 0.1) is 11.3 Å². The van der Waals surface area contributed by atoms with Crippen LogP contribution >= 0.6 is 0 Å². The minimum Gasteiger partial charge on any atom is -0.371 e. The van der Waals surface area contributed by atoms with E-state index in [4.69, 9.17) is 5.26 Å². The minimum absolute atomic E-state index is 0.0317. The van der Waals surface area contributed by atoms with Crippen LogP contribution in [0.1, 0.15) is 34.3 Å². The van der Waals surface area contributed by atoms with Crippen molar-refractivity contribution < 1.29 is 4.79 Å². The van der Waals surface area contributed by atoms with Gasteiger partial charge in [0.2, 0.25) is 0 Å². The maximum absolute atomic E-state index is 12.6. The molecule has 0 aliphatic carbocycles. The quantitative estimate of drug-likeness (QED) is 0.867. The summed E-state index contributed by atoms with van der Waals surface area (Å²) in [6.07, 6.45) is 2.46. The van der Waals surface area contributed by atoms with E-state index in [9.17, 15) is 4.79 Å². The Balaban J connectivity index is 1.75. The number of hydrogen-bond donors (Lipinski definition) is 0. The smallest absolute Gasteiger partial charge is 0.253 e. The Morgan fingerprint density at radius 3 is 2.46 bits per heavy atom. The Bertz CT molecular complexity index is 755. The normalized spacial score (nSPS) is 13.6. The Labute approximate surface area is 142 Å². The fourth-order valence-corrected chi connectivity index (χ4v) is 3.15. The fraction of sp³-hybridized carbons (Fsp3) is 0.300. The van der Waals surface area contributed by atoms with Gasteiger partial charge in [-0.15, -0.1) is 0 Å². The average molecular weight is 319 g/mol. The monoisotopic (exact) mass is 319 g/mol. The topological polar surface area (TPSA) is 47.3 Å². The lowest BCUT2D eigenvalue weighted by atomic mass is 10.1. The number of nitrogens with zero attached hydrogens (tertiary/aromatic N) is 3. The van der Waals surface area contributed by atoms with Gasteiger partial charge in [0.1, 0.15) is 0 Å². The third-order valence-electron chi connectivity index (χ3n) is 4.45. The number of para-hydroxylation sites is 1. The SMILES string of the molecule is CN(Cc1ccccc1N1CCCC1)C(=O)c1ccc(C#N)cc1. The van der Waals surface area contributed by atoms with Crippen LogP contribution in [0.15, 0.2) is 48.5 Å². The summed E-state index contributed by atoms with van der Waals surface area (Å²) >= 11 is 0. The van der Waals surface area contributed by atoms with Crippen LogP contribution in [0.2, 0.25) is 0 Å². The molecule has 4 nitrogen and oxygen atoms in total. The molecular weight excluding hydrogens is 298 g/mol.